The summed E-state index contributed by atoms with van der Waals surface area (Å²) in [6.45, 7) is 6.81. The second kappa shape index (κ2) is 6.16. The van der Waals surface area contributed by atoms with Crippen LogP contribution in [0.5, 0.6) is 0 Å². The van der Waals surface area contributed by atoms with Crippen LogP contribution < -0.4 is 5.73 Å². The smallest absolute Gasteiger partial charge is 0.308 e. The molecule has 0 saturated heterocycles. The molecule has 2 N–H and O–H groups in total. The quantitative estimate of drug-likeness (QED) is 0.748. The van der Waals surface area contributed by atoms with Crippen LogP contribution >= 0.6 is 0 Å². The van der Waals surface area contributed by atoms with Crippen LogP contribution in [0.2, 0.25) is 0 Å². The number of carbonyl (C=O) groups excluding carboxylic acids is 1. The molecule has 1 atom stereocenters. The van der Waals surface area contributed by atoms with Gasteiger partial charge in [0.05, 0.1) is 12.2 Å². The van der Waals surface area contributed by atoms with Crippen molar-refractivity contribution in [3.05, 3.63) is 11.5 Å². The Bertz CT molecular complexity index is 379. The number of hydrogen-bond donors (Lipinski definition) is 1. The molecule has 5 nitrogen and oxygen atoms in total. The van der Waals surface area contributed by atoms with Gasteiger partial charge in [-0.3, -0.25) is 4.79 Å². The fourth-order valence-corrected chi connectivity index (χ4v) is 1.59. The van der Waals surface area contributed by atoms with Crippen LogP contribution in [0.1, 0.15) is 34.1 Å². The van der Waals surface area contributed by atoms with E-state index >= 15 is 0 Å². The molecule has 0 unspecified atom stereocenters. The van der Waals surface area contributed by atoms with Gasteiger partial charge in [0.15, 0.2) is 9.84 Å². The molecule has 100 valence electrons. The van der Waals surface area contributed by atoms with E-state index in [0.29, 0.717) is 0 Å². The number of rotatable bonds is 5. The Morgan fingerprint density at radius 3 is 2.35 bits per heavy atom. The summed E-state index contributed by atoms with van der Waals surface area (Å²) in [5.41, 5.74) is 5.04. The van der Waals surface area contributed by atoms with Gasteiger partial charge in [-0.05, 0) is 20.8 Å². The van der Waals surface area contributed by atoms with E-state index in [9.17, 15) is 13.2 Å². The van der Waals surface area contributed by atoms with Gasteiger partial charge in [0.2, 0.25) is 0 Å². The molecule has 0 amide bonds. The maximum absolute atomic E-state index is 11.4. The normalized spacial score (nSPS) is 14.9. The Hall–Kier alpha value is -0.880. The molecule has 0 aliphatic heterocycles. The van der Waals surface area contributed by atoms with Crippen molar-refractivity contribution in [1.82, 2.24) is 0 Å². The lowest BCUT2D eigenvalue weighted by molar-refractivity contribution is -0.154. The van der Waals surface area contributed by atoms with Crippen molar-refractivity contribution >= 4 is 15.8 Å². The average molecular weight is 263 g/mol. The third kappa shape index (κ3) is 8.88. The monoisotopic (exact) mass is 263 g/mol. The summed E-state index contributed by atoms with van der Waals surface area (Å²) in [6, 6.07) is -0.647. The standard InChI is InChI=1S/C11H21NO4S/c1-5-17(14,15)7-6-9(12)8-10(13)16-11(2,3)4/h6-7,9H,5,8,12H2,1-4H3/t9-/m1/s1. The van der Waals surface area contributed by atoms with E-state index in [0.717, 1.165) is 5.41 Å². The third-order valence-electron chi connectivity index (χ3n) is 1.76. The summed E-state index contributed by atoms with van der Waals surface area (Å²) < 4.78 is 27.4. The lowest BCUT2D eigenvalue weighted by Crippen LogP contribution is -2.29. The first-order chi connectivity index (χ1) is 7.56. The highest BCUT2D eigenvalue weighted by atomic mass is 32.2. The molecular formula is C11H21NO4S. The lowest BCUT2D eigenvalue weighted by atomic mass is 10.2. The van der Waals surface area contributed by atoms with Crippen LogP contribution in [0.15, 0.2) is 11.5 Å². The maximum atomic E-state index is 11.4. The molecular weight excluding hydrogens is 242 g/mol. The van der Waals surface area contributed by atoms with Crippen molar-refractivity contribution < 1.29 is 17.9 Å². The predicted molar refractivity (Wildman–Crippen MR) is 67.0 cm³/mol. The van der Waals surface area contributed by atoms with Crippen molar-refractivity contribution in [2.45, 2.75) is 45.8 Å². The van der Waals surface area contributed by atoms with Gasteiger partial charge in [-0.1, -0.05) is 13.0 Å². The summed E-state index contributed by atoms with van der Waals surface area (Å²) in [4.78, 5) is 11.4. The number of carbonyl (C=O) groups is 1. The minimum Gasteiger partial charge on any atom is -0.460 e. The van der Waals surface area contributed by atoms with Gasteiger partial charge in [0.25, 0.3) is 0 Å². The molecule has 0 spiro atoms. The molecule has 17 heavy (non-hydrogen) atoms. The fraction of sp³-hybridized carbons (Fsp3) is 0.727. The van der Waals surface area contributed by atoms with Gasteiger partial charge in [-0.15, -0.1) is 0 Å². The van der Waals surface area contributed by atoms with Crippen molar-refractivity contribution in [1.29, 1.82) is 0 Å². The van der Waals surface area contributed by atoms with E-state index in [-0.39, 0.29) is 12.2 Å². The molecule has 0 aliphatic rings. The average Bonchev–Trinajstić information content (AvgIpc) is 2.12. The SMILES string of the molecule is CCS(=O)(=O)C=C[C@@H](N)CC(=O)OC(C)(C)C. The largest absolute Gasteiger partial charge is 0.460 e. The number of ether oxygens (including phenoxy) is 1. The highest BCUT2D eigenvalue weighted by Crippen LogP contribution is 2.09. The Morgan fingerprint density at radius 2 is 1.94 bits per heavy atom. The molecule has 0 aromatic rings. The van der Waals surface area contributed by atoms with Crippen molar-refractivity contribution in [3.8, 4) is 0 Å². The number of nitrogens with two attached hydrogens (primary N) is 1. The molecule has 6 heteroatoms. The van der Waals surface area contributed by atoms with Crippen LogP contribution in [0, 0.1) is 0 Å². The van der Waals surface area contributed by atoms with Gasteiger partial charge in [-0.25, -0.2) is 8.42 Å². The zero-order valence-electron chi connectivity index (χ0n) is 10.8. The van der Waals surface area contributed by atoms with Crippen LogP contribution in [0.4, 0.5) is 0 Å². The lowest BCUT2D eigenvalue weighted by Gasteiger charge is -2.20. The third-order valence-corrected chi connectivity index (χ3v) is 3.13. The molecule has 0 bridgehead atoms. The first-order valence-electron chi connectivity index (χ1n) is 5.44. The second-order valence-electron chi connectivity index (χ2n) is 4.73. The Kier molecular flexibility index (Phi) is 5.84. The van der Waals surface area contributed by atoms with Crippen molar-refractivity contribution in [2.75, 3.05) is 5.75 Å². The van der Waals surface area contributed by atoms with Crippen LogP contribution in [-0.2, 0) is 19.4 Å². The number of sulfone groups is 1. The molecule has 0 heterocycles. The van der Waals surface area contributed by atoms with Crippen molar-refractivity contribution in [3.63, 3.8) is 0 Å². The molecule has 0 aromatic carbocycles. The number of esters is 1. The highest BCUT2D eigenvalue weighted by Gasteiger charge is 2.17. The van der Waals surface area contributed by atoms with E-state index in [1.54, 1.807) is 27.7 Å². The summed E-state index contributed by atoms with van der Waals surface area (Å²) in [5, 5.41) is 1.04. The van der Waals surface area contributed by atoms with Crippen LogP contribution in [-0.4, -0.2) is 31.8 Å². The van der Waals surface area contributed by atoms with Gasteiger partial charge < -0.3 is 10.5 Å². The van der Waals surface area contributed by atoms with Crippen molar-refractivity contribution in [2.24, 2.45) is 5.73 Å². The first-order valence-corrected chi connectivity index (χ1v) is 7.15. The highest BCUT2D eigenvalue weighted by molar-refractivity contribution is 7.94. The fourth-order valence-electron chi connectivity index (χ4n) is 0.961. The van der Waals surface area contributed by atoms with E-state index < -0.39 is 27.4 Å². The second-order valence-corrected chi connectivity index (χ2v) is 6.91. The minimum absolute atomic E-state index is 0.0165. The summed E-state index contributed by atoms with van der Waals surface area (Å²) in [6.07, 6.45) is 1.27. The van der Waals surface area contributed by atoms with Gasteiger partial charge in [0.1, 0.15) is 5.60 Å². The molecule has 0 radical (unpaired) electrons. The van der Waals surface area contributed by atoms with E-state index in [4.69, 9.17) is 10.5 Å². The molecule has 0 aromatic heterocycles. The number of hydrogen-bond acceptors (Lipinski definition) is 5. The minimum atomic E-state index is -3.20. The summed E-state index contributed by atoms with van der Waals surface area (Å²) in [7, 11) is -3.20. The van der Waals surface area contributed by atoms with Gasteiger partial charge >= 0.3 is 5.97 Å². The zero-order chi connectivity index (χ0) is 13.7. The molecule has 0 rings (SSSR count). The molecule has 0 aliphatic carbocycles. The van der Waals surface area contributed by atoms with Crippen LogP contribution in [0.25, 0.3) is 0 Å². The Morgan fingerprint density at radius 1 is 1.41 bits per heavy atom. The molecule has 0 fully saturated rings. The maximum Gasteiger partial charge on any atom is 0.308 e. The van der Waals surface area contributed by atoms with Gasteiger partial charge in [-0.2, -0.15) is 0 Å². The first kappa shape index (κ1) is 16.1. The van der Waals surface area contributed by atoms with Gasteiger partial charge in [0, 0.05) is 11.4 Å². The summed E-state index contributed by atoms with van der Waals surface area (Å²) in [5.74, 6) is -0.425. The van der Waals surface area contributed by atoms with E-state index in [1.165, 1.54) is 6.08 Å². The predicted octanol–water partition coefficient (Wildman–Crippen LogP) is 0.994. The zero-order valence-corrected chi connectivity index (χ0v) is 11.6. The topological polar surface area (TPSA) is 86.5 Å². The Balaban J connectivity index is 4.29. The van der Waals surface area contributed by atoms with E-state index in [1.807, 2.05) is 0 Å². The molecule has 0 saturated carbocycles. The Labute approximate surface area is 103 Å². The van der Waals surface area contributed by atoms with E-state index in [2.05, 4.69) is 0 Å². The van der Waals surface area contributed by atoms with Crippen LogP contribution in [0.3, 0.4) is 0 Å². The summed E-state index contributed by atoms with van der Waals surface area (Å²) >= 11 is 0.